The quantitative estimate of drug-likeness (QED) is 0.771. The Bertz CT molecular complexity index is 1060. The van der Waals surface area contributed by atoms with Crippen LogP contribution < -0.4 is 16.2 Å². The molecule has 138 valence electrons. The second kappa shape index (κ2) is 6.46. The monoisotopic (exact) mass is 361 g/mol. The lowest BCUT2D eigenvalue weighted by atomic mass is 9.83. The van der Waals surface area contributed by atoms with Crippen LogP contribution in [0.25, 0.3) is 10.9 Å². The summed E-state index contributed by atoms with van der Waals surface area (Å²) in [4.78, 5) is 24.2. The number of nitrogens with two attached hydrogens (primary N) is 1. The lowest BCUT2D eigenvalue weighted by molar-refractivity contribution is 0.281. The second-order valence-corrected chi connectivity index (χ2v) is 7.62. The minimum atomic E-state index is 0.119. The number of pyridine rings is 1. The van der Waals surface area contributed by atoms with Crippen LogP contribution in [0.3, 0.4) is 0 Å². The van der Waals surface area contributed by atoms with Crippen molar-refractivity contribution in [3.63, 3.8) is 0 Å². The van der Waals surface area contributed by atoms with Crippen molar-refractivity contribution < 1.29 is 0 Å². The summed E-state index contributed by atoms with van der Waals surface area (Å²) in [6, 6.07) is 13.8. The number of fused-ring (bicyclic) bond motifs is 5. The molecule has 2 aromatic heterocycles. The van der Waals surface area contributed by atoms with E-state index in [-0.39, 0.29) is 5.56 Å². The summed E-state index contributed by atoms with van der Waals surface area (Å²) in [6.45, 7) is 3.13. The number of piperidine rings is 1. The van der Waals surface area contributed by atoms with Gasteiger partial charge in [-0.1, -0.05) is 18.2 Å². The third-order valence-corrected chi connectivity index (χ3v) is 5.78. The highest BCUT2D eigenvalue weighted by Crippen LogP contribution is 2.38. The standard InChI is InChI=1S/C21H23N5O/c22-9-8-19-23-17-5-2-1-4-16(17)21(24-19)25-11-14-10-15(13-25)18-6-3-7-20(27)26(18)12-14/h1-7,14-15H,8-13,22H2/t14-,15+/m1/s1. The molecule has 2 aliphatic rings. The zero-order valence-corrected chi connectivity index (χ0v) is 15.2. The minimum absolute atomic E-state index is 0.119. The Morgan fingerprint density at radius 3 is 2.81 bits per heavy atom. The Hall–Kier alpha value is -2.73. The smallest absolute Gasteiger partial charge is 0.250 e. The van der Waals surface area contributed by atoms with Gasteiger partial charge in [-0.25, -0.2) is 9.97 Å². The van der Waals surface area contributed by atoms with Gasteiger partial charge in [0.1, 0.15) is 11.6 Å². The van der Waals surface area contributed by atoms with Gasteiger partial charge < -0.3 is 15.2 Å². The molecule has 0 saturated carbocycles. The van der Waals surface area contributed by atoms with Gasteiger partial charge in [0.2, 0.25) is 0 Å². The molecule has 6 nitrogen and oxygen atoms in total. The van der Waals surface area contributed by atoms with Crippen molar-refractivity contribution in [2.45, 2.75) is 25.3 Å². The van der Waals surface area contributed by atoms with Gasteiger partial charge in [-0.15, -0.1) is 0 Å². The van der Waals surface area contributed by atoms with Gasteiger partial charge >= 0.3 is 0 Å². The normalized spacial score (nSPS) is 21.3. The number of nitrogens with zero attached hydrogens (tertiary/aromatic N) is 4. The summed E-state index contributed by atoms with van der Waals surface area (Å²) in [5.74, 6) is 2.63. The van der Waals surface area contributed by atoms with Crippen molar-refractivity contribution in [1.29, 1.82) is 0 Å². The third-order valence-electron chi connectivity index (χ3n) is 5.78. The molecule has 27 heavy (non-hydrogen) atoms. The average molecular weight is 361 g/mol. The summed E-state index contributed by atoms with van der Waals surface area (Å²) in [5, 5.41) is 1.09. The Labute approximate surface area is 157 Å². The zero-order valence-electron chi connectivity index (χ0n) is 15.2. The van der Waals surface area contributed by atoms with Gasteiger partial charge in [0.25, 0.3) is 5.56 Å². The van der Waals surface area contributed by atoms with Crippen LogP contribution in [-0.2, 0) is 13.0 Å². The highest BCUT2D eigenvalue weighted by atomic mass is 16.1. The molecule has 0 radical (unpaired) electrons. The molecular formula is C21H23N5O. The van der Waals surface area contributed by atoms with Crippen LogP contribution in [0, 0.1) is 5.92 Å². The van der Waals surface area contributed by atoms with E-state index in [1.807, 2.05) is 28.8 Å². The number of hydrogen-bond donors (Lipinski definition) is 1. The van der Waals surface area contributed by atoms with E-state index in [1.54, 1.807) is 6.07 Å². The maximum Gasteiger partial charge on any atom is 0.250 e. The number of aromatic nitrogens is 3. The molecule has 2 bridgehead atoms. The molecule has 2 N–H and O–H groups in total. The molecule has 6 heteroatoms. The van der Waals surface area contributed by atoms with E-state index in [4.69, 9.17) is 10.7 Å². The summed E-state index contributed by atoms with van der Waals surface area (Å²) < 4.78 is 1.97. The van der Waals surface area contributed by atoms with Crippen molar-refractivity contribution in [3.8, 4) is 0 Å². The number of para-hydroxylation sites is 1. The molecule has 2 atom stereocenters. The SMILES string of the molecule is NCCc1nc(N2C[C@H]3C[C@@H](C2)c2cccc(=O)n2C3)c2ccccc2n1. The molecule has 1 saturated heterocycles. The van der Waals surface area contributed by atoms with E-state index in [9.17, 15) is 4.79 Å². The van der Waals surface area contributed by atoms with E-state index in [0.29, 0.717) is 24.8 Å². The van der Waals surface area contributed by atoms with Crippen LogP contribution >= 0.6 is 0 Å². The van der Waals surface area contributed by atoms with Gasteiger partial charge in [-0.2, -0.15) is 0 Å². The Balaban J connectivity index is 1.58. The van der Waals surface area contributed by atoms with Crippen LogP contribution in [0.1, 0.15) is 23.9 Å². The summed E-state index contributed by atoms with van der Waals surface area (Å²) in [5.41, 5.74) is 8.00. The molecule has 0 aliphatic carbocycles. The van der Waals surface area contributed by atoms with Crippen LogP contribution in [-0.4, -0.2) is 34.2 Å². The maximum absolute atomic E-state index is 12.3. The van der Waals surface area contributed by atoms with Crippen LogP contribution in [0.15, 0.2) is 47.3 Å². The lowest BCUT2D eigenvalue weighted by Crippen LogP contribution is -2.47. The van der Waals surface area contributed by atoms with Crippen LogP contribution in [0.4, 0.5) is 5.82 Å². The molecule has 4 heterocycles. The van der Waals surface area contributed by atoms with E-state index in [1.165, 1.54) is 0 Å². The molecule has 0 unspecified atom stereocenters. The minimum Gasteiger partial charge on any atom is -0.355 e. The van der Waals surface area contributed by atoms with Gasteiger partial charge in [0.15, 0.2) is 0 Å². The van der Waals surface area contributed by atoms with Crippen LogP contribution in [0.5, 0.6) is 0 Å². The van der Waals surface area contributed by atoms with E-state index < -0.39 is 0 Å². The molecule has 2 aliphatic heterocycles. The van der Waals surface area contributed by atoms with Crippen molar-refractivity contribution >= 4 is 16.7 Å². The summed E-state index contributed by atoms with van der Waals surface area (Å²) in [7, 11) is 0. The van der Waals surface area contributed by atoms with Crippen molar-refractivity contribution in [2.75, 3.05) is 24.5 Å². The first-order valence-corrected chi connectivity index (χ1v) is 9.63. The lowest BCUT2D eigenvalue weighted by Gasteiger charge is -2.43. The first kappa shape index (κ1) is 16.4. The zero-order chi connectivity index (χ0) is 18.4. The Morgan fingerprint density at radius 2 is 1.93 bits per heavy atom. The first-order valence-electron chi connectivity index (χ1n) is 9.63. The Kier molecular flexibility index (Phi) is 3.93. The van der Waals surface area contributed by atoms with Gasteiger partial charge in [0, 0.05) is 49.1 Å². The number of benzene rings is 1. The van der Waals surface area contributed by atoms with E-state index >= 15 is 0 Å². The summed E-state index contributed by atoms with van der Waals surface area (Å²) >= 11 is 0. The largest absolute Gasteiger partial charge is 0.355 e. The van der Waals surface area contributed by atoms with Gasteiger partial charge in [-0.05, 0) is 37.1 Å². The Morgan fingerprint density at radius 1 is 1.04 bits per heavy atom. The van der Waals surface area contributed by atoms with E-state index in [2.05, 4.69) is 22.0 Å². The number of rotatable bonds is 3. The third kappa shape index (κ3) is 2.80. The van der Waals surface area contributed by atoms with Crippen molar-refractivity contribution in [3.05, 3.63) is 64.3 Å². The fourth-order valence-electron chi connectivity index (χ4n) is 4.66. The summed E-state index contributed by atoms with van der Waals surface area (Å²) in [6.07, 6.45) is 1.81. The van der Waals surface area contributed by atoms with Gasteiger partial charge in [0.05, 0.1) is 5.52 Å². The molecular weight excluding hydrogens is 338 g/mol. The average Bonchev–Trinajstić information content (AvgIpc) is 2.68. The fraction of sp³-hybridized carbons (Fsp3) is 0.381. The molecule has 5 rings (SSSR count). The topological polar surface area (TPSA) is 77.0 Å². The highest BCUT2D eigenvalue weighted by molar-refractivity contribution is 5.89. The van der Waals surface area contributed by atoms with Crippen LogP contribution in [0.2, 0.25) is 0 Å². The van der Waals surface area contributed by atoms with Crippen molar-refractivity contribution in [2.24, 2.45) is 11.7 Å². The molecule has 0 amide bonds. The fourth-order valence-corrected chi connectivity index (χ4v) is 4.66. The second-order valence-electron chi connectivity index (χ2n) is 7.62. The predicted molar refractivity (Wildman–Crippen MR) is 106 cm³/mol. The highest BCUT2D eigenvalue weighted by Gasteiger charge is 2.35. The van der Waals surface area contributed by atoms with Crippen molar-refractivity contribution in [1.82, 2.24) is 14.5 Å². The maximum atomic E-state index is 12.3. The molecule has 1 aromatic carbocycles. The number of anilines is 1. The predicted octanol–water partition coefficient (Wildman–Crippen LogP) is 1.92. The molecule has 3 aromatic rings. The first-order chi connectivity index (χ1) is 13.2. The molecule has 1 fully saturated rings. The van der Waals surface area contributed by atoms with Gasteiger partial charge in [-0.3, -0.25) is 4.79 Å². The number of hydrogen-bond acceptors (Lipinski definition) is 5. The van der Waals surface area contributed by atoms with E-state index in [0.717, 1.165) is 54.3 Å². The molecule has 0 spiro atoms.